The van der Waals surface area contributed by atoms with Gasteiger partial charge in [0.25, 0.3) is 0 Å². The Morgan fingerprint density at radius 3 is 2.26 bits per heavy atom. The Hall–Kier alpha value is -2.09. The van der Waals surface area contributed by atoms with E-state index in [1.807, 2.05) is 31.2 Å². The van der Waals surface area contributed by atoms with Crippen molar-refractivity contribution in [2.24, 2.45) is 4.99 Å². The smallest absolute Gasteiger partial charge is 0.119 e. The van der Waals surface area contributed by atoms with Crippen LogP contribution in [0.2, 0.25) is 0 Å². The fourth-order valence-corrected chi connectivity index (χ4v) is 2.13. The summed E-state index contributed by atoms with van der Waals surface area (Å²) >= 11 is 0. The highest BCUT2D eigenvalue weighted by molar-refractivity contribution is 6.01. The number of nitrogens with zero attached hydrogens (tertiary/aromatic N) is 1. The lowest BCUT2D eigenvalue weighted by Crippen LogP contribution is -1.97. The van der Waals surface area contributed by atoms with Crippen molar-refractivity contribution in [3.63, 3.8) is 0 Å². The lowest BCUT2D eigenvalue weighted by atomic mass is 10.0. The first-order valence-electron chi connectivity index (χ1n) is 6.37. The zero-order valence-corrected chi connectivity index (χ0v) is 11.9. The number of benzene rings is 2. The third kappa shape index (κ3) is 3.22. The topological polar surface area (TPSA) is 21.6 Å². The molecular weight excluding hydrogens is 234 g/mol. The molecule has 0 saturated heterocycles. The zero-order chi connectivity index (χ0) is 13.8. The van der Waals surface area contributed by atoms with Gasteiger partial charge in [0.1, 0.15) is 5.75 Å². The molecule has 0 aliphatic rings. The number of hydrogen-bond donors (Lipinski definition) is 0. The van der Waals surface area contributed by atoms with Crippen LogP contribution >= 0.6 is 0 Å². The van der Waals surface area contributed by atoms with E-state index in [1.165, 1.54) is 16.7 Å². The van der Waals surface area contributed by atoms with Crippen LogP contribution < -0.4 is 4.74 Å². The van der Waals surface area contributed by atoms with Gasteiger partial charge in [0, 0.05) is 5.71 Å². The Morgan fingerprint density at radius 2 is 1.68 bits per heavy atom. The van der Waals surface area contributed by atoms with Gasteiger partial charge in [-0.3, -0.25) is 4.99 Å². The minimum absolute atomic E-state index is 0.850. The summed E-state index contributed by atoms with van der Waals surface area (Å²) in [6, 6.07) is 14.2. The lowest BCUT2D eigenvalue weighted by Gasteiger charge is -2.07. The number of rotatable bonds is 3. The molecular formula is C17H19NO. The van der Waals surface area contributed by atoms with Gasteiger partial charge in [0.05, 0.1) is 12.8 Å². The van der Waals surface area contributed by atoms with E-state index in [0.29, 0.717) is 0 Å². The molecule has 0 aliphatic heterocycles. The Kier molecular flexibility index (Phi) is 4.00. The van der Waals surface area contributed by atoms with E-state index in [1.54, 1.807) is 7.11 Å². The Morgan fingerprint density at radius 1 is 1.00 bits per heavy atom. The summed E-state index contributed by atoms with van der Waals surface area (Å²) < 4.78 is 5.14. The Bertz CT molecular complexity index is 597. The quantitative estimate of drug-likeness (QED) is 0.740. The van der Waals surface area contributed by atoms with Crippen molar-refractivity contribution in [2.45, 2.75) is 20.8 Å². The largest absolute Gasteiger partial charge is 0.497 e. The van der Waals surface area contributed by atoms with E-state index < -0.39 is 0 Å². The van der Waals surface area contributed by atoms with Crippen LogP contribution in [0.5, 0.6) is 5.75 Å². The number of aryl methyl sites for hydroxylation is 2. The van der Waals surface area contributed by atoms with E-state index in [0.717, 1.165) is 17.1 Å². The molecule has 0 amide bonds. The van der Waals surface area contributed by atoms with Gasteiger partial charge >= 0.3 is 0 Å². The van der Waals surface area contributed by atoms with Crippen molar-refractivity contribution >= 4 is 11.4 Å². The van der Waals surface area contributed by atoms with Crippen LogP contribution in [0.25, 0.3) is 0 Å². The molecule has 0 bridgehead atoms. The summed E-state index contributed by atoms with van der Waals surface area (Å²) in [5, 5.41) is 0. The maximum Gasteiger partial charge on any atom is 0.119 e. The van der Waals surface area contributed by atoms with E-state index >= 15 is 0 Å². The highest BCUT2D eigenvalue weighted by Gasteiger charge is 2.02. The van der Waals surface area contributed by atoms with Gasteiger partial charge in [-0.15, -0.1) is 0 Å². The summed E-state index contributed by atoms with van der Waals surface area (Å²) in [6.45, 7) is 6.27. The molecule has 2 rings (SSSR count). The maximum absolute atomic E-state index is 5.14. The molecule has 2 aromatic carbocycles. The summed E-state index contributed by atoms with van der Waals surface area (Å²) in [5.74, 6) is 0.850. The van der Waals surface area contributed by atoms with Gasteiger partial charge in [0.2, 0.25) is 0 Å². The normalized spacial score (nSPS) is 11.5. The molecule has 0 fully saturated rings. The fourth-order valence-electron chi connectivity index (χ4n) is 2.13. The SMILES string of the molecule is COc1ccc(N=C(C)c2ccc(C)cc2C)cc1. The molecule has 0 spiro atoms. The molecule has 2 nitrogen and oxygen atoms in total. The van der Waals surface area contributed by atoms with Crippen molar-refractivity contribution < 1.29 is 4.74 Å². The monoisotopic (exact) mass is 253 g/mol. The van der Waals surface area contributed by atoms with Gasteiger partial charge in [-0.2, -0.15) is 0 Å². The number of aliphatic imine (C=N–C) groups is 1. The van der Waals surface area contributed by atoms with Crippen molar-refractivity contribution in [3.8, 4) is 5.75 Å². The van der Waals surface area contributed by atoms with Crippen LogP contribution in [-0.4, -0.2) is 12.8 Å². The van der Waals surface area contributed by atoms with Crippen LogP contribution in [0.4, 0.5) is 5.69 Å². The molecule has 0 atom stereocenters. The molecule has 0 unspecified atom stereocenters. The van der Waals surface area contributed by atoms with E-state index in [-0.39, 0.29) is 0 Å². The predicted molar refractivity (Wildman–Crippen MR) is 80.8 cm³/mol. The van der Waals surface area contributed by atoms with Crippen LogP contribution in [-0.2, 0) is 0 Å². The molecule has 0 aromatic heterocycles. The van der Waals surface area contributed by atoms with E-state index in [9.17, 15) is 0 Å². The second kappa shape index (κ2) is 5.70. The first kappa shape index (κ1) is 13.3. The number of methoxy groups -OCH3 is 1. The standard InChI is InChI=1S/C17H19NO/c1-12-5-10-17(13(2)11-12)14(3)18-15-6-8-16(19-4)9-7-15/h5-11H,1-4H3. The summed E-state index contributed by atoms with van der Waals surface area (Å²) in [7, 11) is 1.67. The van der Waals surface area contributed by atoms with Crippen LogP contribution in [0.3, 0.4) is 0 Å². The summed E-state index contributed by atoms with van der Waals surface area (Å²) in [5.41, 5.74) is 5.70. The molecule has 0 heterocycles. The molecule has 2 heteroatoms. The Balaban J connectivity index is 2.31. The summed E-state index contributed by atoms with van der Waals surface area (Å²) in [4.78, 5) is 4.66. The highest BCUT2D eigenvalue weighted by atomic mass is 16.5. The molecule has 0 saturated carbocycles. The van der Waals surface area contributed by atoms with Crippen LogP contribution in [0.1, 0.15) is 23.6 Å². The minimum atomic E-state index is 0.850. The number of hydrogen-bond acceptors (Lipinski definition) is 2. The third-order valence-electron chi connectivity index (χ3n) is 3.14. The van der Waals surface area contributed by atoms with Gasteiger partial charge < -0.3 is 4.74 Å². The van der Waals surface area contributed by atoms with Crippen molar-refractivity contribution in [2.75, 3.05) is 7.11 Å². The van der Waals surface area contributed by atoms with Gasteiger partial charge in [-0.1, -0.05) is 23.8 Å². The number of ether oxygens (including phenoxy) is 1. The molecule has 0 N–H and O–H groups in total. The van der Waals surface area contributed by atoms with Gasteiger partial charge in [-0.05, 0) is 56.2 Å². The molecule has 0 radical (unpaired) electrons. The fraction of sp³-hybridized carbons (Fsp3) is 0.235. The average molecular weight is 253 g/mol. The predicted octanol–water partition coefficient (Wildman–Crippen LogP) is 4.45. The minimum Gasteiger partial charge on any atom is -0.497 e. The third-order valence-corrected chi connectivity index (χ3v) is 3.14. The van der Waals surface area contributed by atoms with Crippen molar-refractivity contribution in [3.05, 3.63) is 59.2 Å². The molecule has 2 aromatic rings. The van der Waals surface area contributed by atoms with Crippen molar-refractivity contribution in [1.82, 2.24) is 0 Å². The zero-order valence-electron chi connectivity index (χ0n) is 11.9. The van der Waals surface area contributed by atoms with Crippen molar-refractivity contribution in [1.29, 1.82) is 0 Å². The average Bonchev–Trinajstić information content (AvgIpc) is 2.39. The maximum atomic E-state index is 5.14. The Labute approximate surface area is 114 Å². The molecule has 98 valence electrons. The summed E-state index contributed by atoms with van der Waals surface area (Å²) in [6.07, 6.45) is 0. The van der Waals surface area contributed by atoms with Crippen LogP contribution in [0, 0.1) is 13.8 Å². The van der Waals surface area contributed by atoms with Gasteiger partial charge in [-0.25, -0.2) is 0 Å². The van der Waals surface area contributed by atoms with E-state index in [4.69, 9.17) is 4.74 Å². The van der Waals surface area contributed by atoms with Crippen LogP contribution in [0.15, 0.2) is 47.5 Å². The first-order valence-corrected chi connectivity index (χ1v) is 6.37. The second-order valence-corrected chi connectivity index (χ2v) is 4.71. The van der Waals surface area contributed by atoms with Gasteiger partial charge in [0.15, 0.2) is 0 Å². The highest BCUT2D eigenvalue weighted by Crippen LogP contribution is 2.20. The van der Waals surface area contributed by atoms with E-state index in [2.05, 4.69) is 37.0 Å². The second-order valence-electron chi connectivity index (χ2n) is 4.71. The lowest BCUT2D eigenvalue weighted by molar-refractivity contribution is 0.415. The first-order chi connectivity index (χ1) is 9.10. The molecule has 0 aliphatic carbocycles. The molecule has 19 heavy (non-hydrogen) atoms.